The molecule has 2 unspecified atom stereocenters. The molecule has 1 saturated carbocycles. The van der Waals surface area contributed by atoms with Crippen LogP contribution in [0.1, 0.15) is 19.3 Å². The van der Waals surface area contributed by atoms with Crippen LogP contribution in [0.15, 0.2) is 0 Å². The first-order valence-corrected chi connectivity index (χ1v) is 3.91. The summed E-state index contributed by atoms with van der Waals surface area (Å²) in [6, 6.07) is -1.16. The van der Waals surface area contributed by atoms with Gasteiger partial charge in [-0.15, -0.1) is 0 Å². The van der Waals surface area contributed by atoms with E-state index in [-0.39, 0.29) is 6.42 Å². The van der Waals surface area contributed by atoms with Crippen LogP contribution in [0.2, 0.25) is 0 Å². The summed E-state index contributed by atoms with van der Waals surface area (Å²) >= 11 is 0. The zero-order valence-electron chi connectivity index (χ0n) is 6.51. The van der Waals surface area contributed by atoms with Crippen molar-refractivity contribution in [3.63, 3.8) is 0 Å². The Morgan fingerprint density at radius 2 is 1.92 bits per heavy atom. The summed E-state index contributed by atoms with van der Waals surface area (Å²) in [6.07, 6.45) is -4.77. The third-order valence-corrected chi connectivity index (χ3v) is 2.04. The molecule has 1 fully saturated rings. The molecule has 0 heterocycles. The second-order valence-corrected chi connectivity index (χ2v) is 3.33. The quantitative estimate of drug-likeness (QED) is 0.686. The lowest BCUT2D eigenvalue weighted by atomic mass is 10.1. The van der Waals surface area contributed by atoms with E-state index in [9.17, 15) is 13.2 Å². The summed E-state index contributed by atoms with van der Waals surface area (Å²) in [4.78, 5) is 0. The highest BCUT2D eigenvalue weighted by Crippen LogP contribution is 2.35. The van der Waals surface area contributed by atoms with Crippen LogP contribution >= 0.6 is 0 Å². The van der Waals surface area contributed by atoms with Gasteiger partial charge < -0.3 is 10.8 Å². The summed E-state index contributed by atoms with van der Waals surface area (Å²) < 4.78 is 35.5. The van der Waals surface area contributed by atoms with Gasteiger partial charge in [0.15, 0.2) is 6.10 Å². The number of rotatable bonds is 3. The zero-order valence-corrected chi connectivity index (χ0v) is 6.51. The van der Waals surface area contributed by atoms with Gasteiger partial charge in [0.1, 0.15) is 0 Å². The SMILES string of the molecule is NC(CC1CC1)C(O)C(F)(F)F. The van der Waals surface area contributed by atoms with Gasteiger partial charge in [0, 0.05) is 6.04 Å². The van der Waals surface area contributed by atoms with Crippen molar-refractivity contribution in [2.75, 3.05) is 0 Å². The van der Waals surface area contributed by atoms with Crippen LogP contribution in [-0.4, -0.2) is 23.4 Å². The molecule has 12 heavy (non-hydrogen) atoms. The van der Waals surface area contributed by atoms with E-state index < -0.39 is 18.3 Å². The molecule has 72 valence electrons. The Labute approximate surface area is 68.6 Å². The Hall–Kier alpha value is -0.290. The molecule has 0 aliphatic heterocycles. The van der Waals surface area contributed by atoms with E-state index in [1.165, 1.54) is 0 Å². The van der Waals surface area contributed by atoms with Crippen molar-refractivity contribution < 1.29 is 18.3 Å². The van der Waals surface area contributed by atoms with E-state index in [4.69, 9.17) is 10.8 Å². The van der Waals surface area contributed by atoms with Gasteiger partial charge >= 0.3 is 6.18 Å². The largest absolute Gasteiger partial charge is 0.415 e. The van der Waals surface area contributed by atoms with Crippen molar-refractivity contribution in [1.82, 2.24) is 0 Å². The maximum atomic E-state index is 11.8. The maximum absolute atomic E-state index is 11.8. The molecule has 0 aromatic heterocycles. The number of hydrogen-bond acceptors (Lipinski definition) is 2. The molecule has 0 spiro atoms. The molecule has 3 N–H and O–H groups in total. The van der Waals surface area contributed by atoms with E-state index in [1.54, 1.807) is 0 Å². The highest BCUT2D eigenvalue weighted by Gasteiger charge is 2.43. The van der Waals surface area contributed by atoms with Crippen LogP contribution in [0.5, 0.6) is 0 Å². The van der Waals surface area contributed by atoms with Gasteiger partial charge in [-0.1, -0.05) is 12.8 Å². The molecular formula is C7H12F3NO. The molecule has 0 aromatic carbocycles. The fourth-order valence-corrected chi connectivity index (χ4v) is 1.11. The lowest BCUT2D eigenvalue weighted by Gasteiger charge is -2.20. The Morgan fingerprint density at radius 1 is 1.42 bits per heavy atom. The number of nitrogens with two attached hydrogens (primary N) is 1. The first-order chi connectivity index (χ1) is 5.41. The second kappa shape index (κ2) is 3.22. The van der Waals surface area contributed by atoms with Gasteiger partial charge in [0.25, 0.3) is 0 Å². The van der Waals surface area contributed by atoms with Crippen molar-refractivity contribution in [2.45, 2.75) is 37.6 Å². The average Bonchev–Trinajstić information content (AvgIpc) is 2.68. The van der Waals surface area contributed by atoms with Crippen LogP contribution in [0.4, 0.5) is 13.2 Å². The molecular weight excluding hydrogens is 171 g/mol. The topological polar surface area (TPSA) is 46.2 Å². The van der Waals surface area contributed by atoms with E-state index >= 15 is 0 Å². The molecule has 2 atom stereocenters. The zero-order chi connectivity index (χ0) is 9.35. The lowest BCUT2D eigenvalue weighted by molar-refractivity contribution is -0.210. The highest BCUT2D eigenvalue weighted by atomic mass is 19.4. The Kier molecular flexibility index (Phi) is 2.63. The molecule has 0 bridgehead atoms. The third-order valence-electron chi connectivity index (χ3n) is 2.04. The average molecular weight is 183 g/mol. The van der Waals surface area contributed by atoms with Gasteiger partial charge in [0.05, 0.1) is 0 Å². The lowest BCUT2D eigenvalue weighted by Crippen LogP contribution is -2.45. The standard InChI is InChI=1S/C7H12F3NO/c8-7(9,10)6(12)5(11)3-4-1-2-4/h4-6,12H,1-3,11H2. The van der Waals surface area contributed by atoms with E-state index in [2.05, 4.69) is 0 Å². The van der Waals surface area contributed by atoms with Crippen molar-refractivity contribution >= 4 is 0 Å². The summed E-state index contributed by atoms with van der Waals surface area (Å²) in [5.74, 6) is 0.303. The fourth-order valence-electron chi connectivity index (χ4n) is 1.11. The normalized spacial score (nSPS) is 23.8. The molecule has 5 heteroatoms. The first-order valence-electron chi connectivity index (χ1n) is 3.91. The van der Waals surface area contributed by atoms with Crippen LogP contribution in [0, 0.1) is 5.92 Å². The van der Waals surface area contributed by atoms with Gasteiger partial charge in [0.2, 0.25) is 0 Å². The molecule has 0 amide bonds. The number of aliphatic hydroxyl groups excluding tert-OH is 1. The van der Waals surface area contributed by atoms with Gasteiger partial charge in [-0.3, -0.25) is 0 Å². The number of hydrogen-bond donors (Lipinski definition) is 2. The molecule has 0 saturated heterocycles. The molecule has 0 aromatic rings. The van der Waals surface area contributed by atoms with Crippen LogP contribution < -0.4 is 5.73 Å². The monoisotopic (exact) mass is 183 g/mol. The number of aliphatic hydroxyl groups is 1. The number of alkyl halides is 3. The van der Waals surface area contributed by atoms with Crippen molar-refractivity contribution in [2.24, 2.45) is 11.7 Å². The second-order valence-electron chi connectivity index (χ2n) is 3.33. The van der Waals surface area contributed by atoms with Crippen molar-refractivity contribution in [3.8, 4) is 0 Å². The molecule has 1 rings (SSSR count). The van der Waals surface area contributed by atoms with Gasteiger partial charge in [-0.25, -0.2) is 0 Å². The van der Waals surface area contributed by atoms with E-state index in [0.717, 1.165) is 12.8 Å². The first kappa shape index (κ1) is 9.80. The Morgan fingerprint density at radius 3 is 2.25 bits per heavy atom. The summed E-state index contributed by atoms with van der Waals surface area (Å²) in [5, 5.41) is 8.68. The van der Waals surface area contributed by atoms with Crippen LogP contribution in [0.25, 0.3) is 0 Å². The van der Waals surface area contributed by atoms with E-state index in [1.807, 2.05) is 0 Å². The summed E-state index contributed by atoms with van der Waals surface area (Å²) in [5.41, 5.74) is 5.17. The van der Waals surface area contributed by atoms with Crippen LogP contribution in [-0.2, 0) is 0 Å². The number of halogens is 3. The van der Waals surface area contributed by atoms with Gasteiger partial charge in [-0.05, 0) is 12.3 Å². The maximum Gasteiger partial charge on any atom is 0.415 e. The molecule has 1 aliphatic carbocycles. The predicted molar refractivity (Wildman–Crippen MR) is 37.4 cm³/mol. The minimum atomic E-state index is -4.58. The molecule has 2 nitrogen and oxygen atoms in total. The smallest absolute Gasteiger partial charge is 0.382 e. The van der Waals surface area contributed by atoms with Crippen molar-refractivity contribution in [1.29, 1.82) is 0 Å². The highest BCUT2D eigenvalue weighted by molar-refractivity contribution is 4.85. The molecule has 0 radical (unpaired) electrons. The Bertz CT molecular complexity index is 155. The predicted octanol–water partition coefficient (Wildman–Crippen LogP) is 1.04. The summed E-state index contributed by atoms with van der Waals surface area (Å²) in [6.45, 7) is 0. The van der Waals surface area contributed by atoms with Crippen LogP contribution in [0.3, 0.4) is 0 Å². The Balaban J connectivity index is 2.33. The fraction of sp³-hybridized carbons (Fsp3) is 1.00. The van der Waals surface area contributed by atoms with Gasteiger partial charge in [-0.2, -0.15) is 13.2 Å². The molecule has 1 aliphatic rings. The minimum absolute atomic E-state index is 0.278. The van der Waals surface area contributed by atoms with E-state index in [0.29, 0.717) is 5.92 Å². The van der Waals surface area contributed by atoms with Crippen molar-refractivity contribution in [3.05, 3.63) is 0 Å². The minimum Gasteiger partial charge on any atom is -0.382 e. The summed E-state index contributed by atoms with van der Waals surface area (Å²) in [7, 11) is 0. The third kappa shape index (κ3) is 2.64.